The summed E-state index contributed by atoms with van der Waals surface area (Å²) in [5.74, 6) is 0.114. The number of hydrogen-bond acceptors (Lipinski definition) is 2. The molecule has 1 aliphatic heterocycles. The molecule has 1 saturated heterocycles. The molecule has 0 spiro atoms. The fourth-order valence-corrected chi connectivity index (χ4v) is 2.55. The van der Waals surface area contributed by atoms with Crippen LogP contribution in [0.25, 0.3) is 0 Å². The number of carbonyl (C=O) groups is 1. The molecule has 2 rings (SSSR count). The van der Waals surface area contributed by atoms with E-state index in [4.69, 9.17) is 23.2 Å². The van der Waals surface area contributed by atoms with E-state index >= 15 is 0 Å². The maximum absolute atomic E-state index is 12.1. The number of benzene rings is 1. The quantitative estimate of drug-likeness (QED) is 0.927. The number of nitrogens with zero attached hydrogens (tertiary/aromatic N) is 1. The molecular formula is C13H16Cl2N2O. The lowest BCUT2D eigenvalue weighted by atomic mass is 10.1. The number of carbonyl (C=O) groups excluding carboxylic acids is 1. The molecule has 1 aromatic carbocycles. The molecule has 1 atom stereocenters. The minimum Gasteiger partial charge on any atom is -0.340 e. The molecule has 0 aliphatic carbocycles. The normalized spacial score (nSPS) is 18.9. The first-order valence-electron chi connectivity index (χ1n) is 6.01. The summed E-state index contributed by atoms with van der Waals surface area (Å²) in [7, 11) is 1.79. The van der Waals surface area contributed by atoms with Crippen LogP contribution in [0.4, 0.5) is 0 Å². The zero-order valence-electron chi connectivity index (χ0n) is 10.2. The molecule has 0 saturated carbocycles. The van der Waals surface area contributed by atoms with Gasteiger partial charge in [-0.3, -0.25) is 4.79 Å². The summed E-state index contributed by atoms with van der Waals surface area (Å²) < 4.78 is 0. The predicted molar refractivity (Wildman–Crippen MR) is 74.0 cm³/mol. The van der Waals surface area contributed by atoms with Crippen LogP contribution in [-0.4, -0.2) is 30.4 Å². The molecule has 98 valence electrons. The second-order valence-electron chi connectivity index (χ2n) is 4.56. The van der Waals surface area contributed by atoms with Crippen molar-refractivity contribution in [2.75, 3.05) is 13.6 Å². The molecule has 5 heteroatoms. The highest BCUT2D eigenvalue weighted by molar-refractivity contribution is 6.42. The van der Waals surface area contributed by atoms with Crippen LogP contribution in [0.2, 0.25) is 10.0 Å². The Balaban J connectivity index is 2.04. The third-order valence-electron chi connectivity index (χ3n) is 3.17. The van der Waals surface area contributed by atoms with Crippen LogP contribution >= 0.6 is 23.2 Å². The van der Waals surface area contributed by atoms with Crippen molar-refractivity contribution in [3.63, 3.8) is 0 Å². The van der Waals surface area contributed by atoms with Gasteiger partial charge in [-0.2, -0.15) is 0 Å². The summed E-state index contributed by atoms with van der Waals surface area (Å²) in [5, 5.41) is 4.25. The van der Waals surface area contributed by atoms with Crippen LogP contribution < -0.4 is 5.32 Å². The fourth-order valence-electron chi connectivity index (χ4n) is 2.17. The van der Waals surface area contributed by atoms with Crippen molar-refractivity contribution in [3.05, 3.63) is 33.8 Å². The van der Waals surface area contributed by atoms with Gasteiger partial charge in [0.15, 0.2) is 0 Å². The van der Waals surface area contributed by atoms with E-state index in [1.54, 1.807) is 18.0 Å². The van der Waals surface area contributed by atoms with Gasteiger partial charge in [0.25, 0.3) is 0 Å². The van der Waals surface area contributed by atoms with Crippen LogP contribution in [-0.2, 0) is 11.3 Å². The summed E-state index contributed by atoms with van der Waals surface area (Å²) in [6.45, 7) is 1.40. The van der Waals surface area contributed by atoms with E-state index in [1.165, 1.54) is 0 Å². The van der Waals surface area contributed by atoms with E-state index < -0.39 is 0 Å². The van der Waals surface area contributed by atoms with Crippen molar-refractivity contribution < 1.29 is 4.79 Å². The van der Waals surface area contributed by atoms with Crippen molar-refractivity contribution in [1.82, 2.24) is 10.2 Å². The van der Waals surface area contributed by atoms with Crippen molar-refractivity contribution in [1.29, 1.82) is 0 Å². The van der Waals surface area contributed by atoms with Crippen LogP contribution in [0.5, 0.6) is 0 Å². The molecular weight excluding hydrogens is 271 g/mol. The van der Waals surface area contributed by atoms with Gasteiger partial charge in [-0.15, -0.1) is 0 Å². The van der Waals surface area contributed by atoms with Gasteiger partial charge in [0.05, 0.1) is 16.1 Å². The SMILES string of the molecule is CN(Cc1cccc(Cl)c1Cl)C(=O)[C@H]1CCCN1. The van der Waals surface area contributed by atoms with Gasteiger partial charge in [0.2, 0.25) is 5.91 Å². The van der Waals surface area contributed by atoms with Gasteiger partial charge in [-0.25, -0.2) is 0 Å². The molecule has 1 amide bonds. The summed E-state index contributed by atoms with van der Waals surface area (Å²) >= 11 is 12.1. The van der Waals surface area contributed by atoms with E-state index in [9.17, 15) is 4.79 Å². The highest BCUT2D eigenvalue weighted by Crippen LogP contribution is 2.26. The van der Waals surface area contributed by atoms with E-state index in [1.807, 2.05) is 12.1 Å². The number of rotatable bonds is 3. The number of hydrogen-bond donors (Lipinski definition) is 1. The van der Waals surface area contributed by atoms with Crippen molar-refractivity contribution >= 4 is 29.1 Å². The molecule has 0 aromatic heterocycles. The fraction of sp³-hybridized carbons (Fsp3) is 0.462. The Morgan fingerprint density at radius 3 is 2.94 bits per heavy atom. The Morgan fingerprint density at radius 2 is 2.28 bits per heavy atom. The summed E-state index contributed by atoms with van der Waals surface area (Å²) in [4.78, 5) is 13.8. The van der Waals surface area contributed by atoms with Gasteiger partial charge in [-0.1, -0.05) is 35.3 Å². The maximum atomic E-state index is 12.1. The van der Waals surface area contributed by atoms with Gasteiger partial charge in [0.1, 0.15) is 0 Å². The average Bonchev–Trinajstić information content (AvgIpc) is 2.87. The Hall–Kier alpha value is -0.770. The lowest BCUT2D eigenvalue weighted by molar-refractivity contribution is -0.132. The van der Waals surface area contributed by atoms with Gasteiger partial charge < -0.3 is 10.2 Å². The van der Waals surface area contributed by atoms with Crippen LogP contribution in [0, 0.1) is 0 Å². The van der Waals surface area contributed by atoms with Crippen LogP contribution in [0.3, 0.4) is 0 Å². The van der Waals surface area contributed by atoms with Gasteiger partial charge >= 0.3 is 0 Å². The molecule has 3 nitrogen and oxygen atoms in total. The molecule has 1 aromatic rings. The third-order valence-corrected chi connectivity index (χ3v) is 4.03. The number of likely N-dealkylation sites (N-methyl/N-ethyl adjacent to an activating group) is 1. The topological polar surface area (TPSA) is 32.3 Å². The summed E-state index contributed by atoms with van der Waals surface area (Å²) in [5.41, 5.74) is 0.873. The number of halogens is 2. The van der Waals surface area contributed by atoms with Gasteiger partial charge in [-0.05, 0) is 31.0 Å². The Kier molecular flexibility index (Phi) is 4.49. The summed E-state index contributed by atoms with van der Waals surface area (Å²) in [6, 6.07) is 5.43. The molecule has 0 unspecified atom stereocenters. The standard InChI is InChI=1S/C13H16Cl2N2O/c1-17(13(18)11-6-3-7-16-11)8-9-4-2-5-10(14)12(9)15/h2,4-5,11,16H,3,6-8H2,1H3/t11-/m1/s1. The Labute approximate surface area is 117 Å². The highest BCUT2D eigenvalue weighted by atomic mass is 35.5. The molecule has 0 radical (unpaired) electrons. The van der Waals surface area contributed by atoms with Crippen LogP contribution in [0.1, 0.15) is 18.4 Å². The lowest BCUT2D eigenvalue weighted by Crippen LogP contribution is -2.41. The lowest BCUT2D eigenvalue weighted by Gasteiger charge is -2.21. The number of amides is 1. The first-order chi connectivity index (χ1) is 8.59. The maximum Gasteiger partial charge on any atom is 0.239 e. The smallest absolute Gasteiger partial charge is 0.239 e. The minimum atomic E-state index is -0.0482. The first kappa shape index (κ1) is 13.7. The van der Waals surface area contributed by atoms with Crippen LogP contribution in [0.15, 0.2) is 18.2 Å². The molecule has 0 bridgehead atoms. The minimum absolute atomic E-state index is 0.0482. The molecule has 18 heavy (non-hydrogen) atoms. The largest absolute Gasteiger partial charge is 0.340 e. The Morgan fingerprint density at radius 1 is 1.50 bits per heavy atom. The van der Waals surface area contributed by atoms with E-state index in [0.29, 0.717) is 16.6 Å². The van der Waals surface area contributed by atoms with E-state index in [-0.39, 0.29) is 11.9 Å². The zero-order valence-corrected chi connectivity index (χ0v) is 11.8. The van der Waals surface area contributed by atoms with Crippen molar-refractivity contribution in [3.8, 4) is 0 Å². The third kappa shape index (κ3) is 2.97. The monoisotopic (exact) mass is 286 g/mol. The van der Waals surface area contributed by atoms with Crippen molar-refractivity contribution in [2.45, 2.75) is 25.4 Å². The Bertz CT molecular complexity index is 445. The highest BCUT2D eigenvalue weighted by Gasteiger charge is 2.25. The van der Waals surface area contributed by atoms with Crippen molar-refractivity contribution in [2.24, 2.45) is 0 Å². The van der Waals surface area contributed by atoms with Gasteiger partial charge in [0, 0.05) is 13.6 Å². The second kappa shape index (κ2) is 5.91. The predicted octanol–water partition coefficient (Wildman–Crippen LogP) is 2.70. The average molecular weight is 287 g/mol. The first-order valence-corrected chi connectivity index (χ1v) is 6.76. The summed E-state index contributed by atoms with van der Waals surface area (Å²) in [6.07, 6.45) is 1.97. The zero-order chi connectivity index (χ0) is 13.1. The second-order valence-corrected chi connectivity index (χ2v) is 5.34. The molecule has 1 heterocycles. The molecule has 1 aliphatic rings. The number of nitrogens with one attached hydrogen (secondary N) is 1. The van der Waals surface area contributed by atoms with E-state index in [2.05, 4.69) is 5.32 Å². The molecule has 1 fully saturated rings. The van der Waals surface area contributed by atoms with E-state index in [0.717, 1.165) is 24.9 Å². The molecule has 1 N–H and O–H groups in total.